The molecule has 1 fully saturated rings. The first-order valence-electron chi connectivity index (χ1n) is 8.68. The summed E-state index contributed by atoms with van der Waals surface area (Å²) >= 11 is 1.65. The minimum Gasteiger partial charge on any atom is -0.373 e. The molecular weight excluding hydrogens is 322 g/mol. The zero-order chi connectivity index (χ0) is 17.5. The van der Waals surface area contributed by atoms with Crippen molar-refractivity contribution in [1.29, 1.82) is 0 Å². The van der Waals surface area contributed by atoms with E-state index in [0.717, 1.165) is 42.0 Å². The Balaban J connectivity index is 1.61. The molecule has 0 N–H and O–H groups in total. The molecule has 3 heterocycles. The Morgan fingerprint density at radius 2 is 1.96 bits per heavy atom. The highest BCUT2D eigenvalue weighted by molar-refractivity contribution is 7.20. The number of ether oxygens (including phenoxy) is 1. The summed E-state index contributed by atoms with van der Waals surface area (Å²) in [5.41, 5.74) is 1.15. The number of morpholine rings is 1. The second-order valence-corrected chi connectivity index (χ2v) is 8.86. The number of fused-ring (bicyclic) bond motifs is 1. The lowest BCUT2D eigenvalue weighted by Crippen LogP contribution is -2.47. The standard InChI is InChI=1S/C17H29N5OS/c1-12-9-21(10-13(2)23-12)8-7-20(6)16-19-22-11-14(17(3,4)5)18-15(22)24-16/h11-13H,7-10H2,1-6H3/t12-,13+. The summed E-state index contributed by atoms with van der Waals surface area (Å²) in [6.07, 6.45) is 2.69. The fourth-order valence-electron chi connectivity index (χ4n) is 3.06. The van der Waals surface area contributed by atoms with Crippen molar-refractivity contribution < 1.29 is 4.74 Å². The molecule has 0 aliphatic carbocycles. The molecule has 0 saturated carbocycles. The third-order valence-corrected chi connectivity index (χ3v) is 5.41. The SMILES string of the molecule is C[C@@H]1CN(CCN(C)c2nn3cc(C(C)(C)C)nc3s2)C[C@H](C)O1. The van der Waals surface area contributed by atoms with Gasteiger partial charge in [-0.3, -0.25) is 4.90 Å². The Bertz CT molecular complexity index is 647. The molecule has 24 heavy (non-hydrogen) atoms. The fraction of sp³-hybridized carbons (Fsp3) is 0.765. The smallest absolute Gasteiger partial charge is 0.214 e. The van der Waals surface area contributed by atoms with Crippen molar-refractivity contribution in [2.45, 2.75) is 52.2 Å². The Morgan fingerprint density at radius 3 is 2.54 bits per heavy atom. The Hall–Kier alpha value is -1.18. The molecule has 0 bridgehead atoms. The molecule has 1 aliphatic rings. The molecule has 0 unspecified atom stereocenters. The number of anilines is 1. The van der Waals surface area contributed by atoms with Crippen molar-refractivity contribution in [3.8, 4) is 0 Å². The van der Waals surface area contributed by atoms with E-state index in [2.05, 4.69) is 57.7 Å². The summed E-state index contributed by atoms with van der Waals surface area (Å²) in [4.78, 5) is 10.4. The van der Waals surface area contributed by atoms with Gasteiger partial charge in [0.25, 0.3) is 0 Å². The van der Waals surface area contributed by atoms with Crippen LogP contribution in [0, 0.1) is 0 Å². The van der Waals surface area contributed by atoms with Crippen LogP contribution in [0.1, 0.15) is 40.3 Å². The number of imidazole rings is 1. The van der Waals surface area contributed by atoms with Crippen molar-refractivity contribution in [3.63, 3.8) is 0 Å². The molecular formula is C17H29N5OS. The van der Waals surface area contributed by atoms with Crippen LogP contribution in [0.4, 0.5) is 5.13 Å². The number of hydrogen-bond donors (Lipinski definition) is 0. The third-order valence-electron chi connectivity index (χ3n) is 4.37. The lowest BCUT2D eigenvalue weighted by Gasteiger charge is -2.36. The first-order valence-corrected chi connectivity index (χ1v) is 9.49. The predicted molar refractivity (Wildman–Crippen MR) is 99.3 cm³/mol. The van der Waals surface area contributed by atoms with Crippen LogP contribution in [0.2, 0.25) is 0 Å². The average molecular weight is 352 g/mol. The lowest BCUT2D eigenvalue weighted by molar-refractivity contribution is -0.0670. The second kappa shape index (κ2) is 6.61. The third kappa shape index (κ3) is 3.90. The molecule has 2 atom stereocenters. The van der Waals surface area contributed by atoms with Crippen LogP contribution in [0.3, 0.4) is 0 Å². The topological polar surface area (TPSA) is 45.9 Å². The minimum atomic E-state index is 0.0587. The lowest BCUT2D eigenvalue weighted by atomic mass is 9.93. The van der Waals surface area contributed by atoms with E-state index < -0.39 is 0 Å². The molecule has 6 nitrogen and oxygen atoms in total. The number of likely N-dealkylation sites (N-methyl/N-ethyl adjacent to an activating group) is 1. The van der Waals surface area contributed by atoms with Gasteiger partial charge in [-0.1, -0.05) is 32.1 Å². The maximum Gasteiger partial charge on any atom is 0.214 e. The van der Waals surface area contributed by atoms with Crippen molar-refractivity contribution in [1.82, 2.24) is 19.5 Å². The summed E-state index contributed by atoms with van der Waals surface area (Å²) in [6.45, 7) is 14.8. The van der Waals surface area contributed by atoms with Gasteiger partial charge in [-0.15, -0.1) is 5.10 Å². The molecule has 0 spiro atoms. The van der Waals surface area contributed by atoms with Crippen LogP contribution >= 0.6 is 11.3 Å². The van der Waals surface area contributed by atoms with E-state index in [1.165, 1.54) is 0 Å². The van der Waals surface area contributed by atoms with Crippen molar-refractivity contribution >= 4 is 21.4 Å². The summed E-state index contributed by atoms with van der Waals surface area (Å²) in [7, 11) is 2.11. The zero-order valence-corrected chi connectivity index (χ0v) is 16.4. The van der Waals surface area contributed by atoms with Gasteiger partial charge >= 0.3 is 0 Å². The van der Waals surface area contributed by atoms with Gasteiger partial charge in [0, 0.05) is 38.6 Å². The van der Waals surface area contributed by atoms with E-state index in [0.29, 0.717) is 12.2 Å². The van der Waals surface area contributed by atoms with Gasteiger partial charge in [-0.05, 0) is 13.8 Å². The highest BCUT2D eigenvalue weighted by Gasteiger charge is 2.23. The van der Waals surface area contributed by atoms with E-state index in [1.807, 2.05) is 4.52 Å². The van der Waals surface area contributed by atoms with Crippen LogP contribution in [0.15, 0.2) is 6.20 Å². The second-order valence-electron chi connectivity index (χ2n) is 7.93. The molecule has 0 aromatic carbocycles. The Labute approximate surface area is 148 Å². The summed E-state index contributed by atoms with van der Waals surface area (Å²) in [5, 5.41) is 5.72. The van der Waals surface area contributed by atoms with Crippen LogP contribution < -0.4 is 4.90 Å². The van der Waals surface area contributed by atoms with E-state index in [4.69, 9.17) is 14.8 Å². The predicted octanol–water partition coefficient (Wildman–Crippen LogP) is 2.63. The van der Waals surface area contributed by atoms with Gasteiger partial charge in [-0.2, -0.15) is 0 Å². The average Bonchev–Trinajstić information content (AvgIpc) is 3.01. The summed E-state index contributed by atoms with van der Waals surface area (Å²) in [6, 6.07) is 0. The van der Waals surface area contributed by atoms with Crippen LogP contribution in [-0.4, -0.2) is 64.9 Å². The van der Waals surface area contributed by atoms with E-state index in [1.54, 1.807) is 11.3 Å². The van der Waals surface area contributed by atoms with E-state index in [-0.39, 0.29) is 5.41 Å². The monoisotopic (exact) mass is 351 g/mol. The fourth-order valence-corrected chi connectivity index (χ4v) is 3.93. The van der Waals surface area contributed by atoms with Crippen LogP contribution in [-0.2, 0) is 10.2 Å². The van der Waals surface area contributed by atoms with Gasteiger partial charge in [0.15, 0.2) is 0 Å². The molecule has 1 saturated heterocycles. The summed E-state index contributed by atoms with van der Waals surface area (Å²) in [5.74, 6) is 0. The Kier molecular flexibility index (Phi) is 4.86. The number of hydrogen-bond acceptors (Lipinski definition) is 6. The van der Waals surface area contributed by atoms with Gasteiger partial charge in [0.2, 0.25) is 10.1 Å². The number of nitrogens with zero attached hydrogens (tertiary/aromatic N) is 5. The zero-order valence-electron chi connectivity index (χ0n) is 15.6. The number of rotatable bonds is 4. The highest BCUT2D eigenvalue weighted by Crippen LogP contribution is 2.27. The van der Waals surface area contributed by atoms with Crippen molar-refractivity contribution in [2.24, 2.45) is 0 Å². The van der Waals surface area contributed by atoms with Gasteiger partial charge in [-0.25, -0.2) is 9.50 Å². The quantitative estimate of drug-likeness (QED) is 0.847. The molecule has 0 radical (unpaired) electrons. The Morgan fingerprint density at radius 1 is 1.29 bits per heavy atom. The first-order chi connectivity index (χ1) is 11.2. The largest absolute Gasteiger partial charge is 0.373 e. The molecule has 2 aromatic heterocycles. The maximum atomic E-state index is 5.80. The van der Waals surface area contributed by atoms with Gasteiger partial charge in [0.1, 0.15) is 0 Å². The molecule has 0 amide bonds. The molecule has 134 valence electrons. The first kappa shape index (κ1) is 17.6. The molecule has 2 aromatic rings. The van der Waals surface area contributed by atoms with E-state index >= 15 is 0 Å². The summed E-state index contributed by atoms with van der Waals surface area (Å²) < 4.78 is 7.71. The van der Waals surface area contributed by atoms with Crippen molar-refractivity contribution in [3.05, 3.63) is 11.9 Å². The van der Waals surface area contributed by atoms with Gasteiger partial charge in [0.05, 0.1) is 24.1 Å². The molecule has 3 rings (SSSR count). The van der Waals surface area contributed by atoms with Gasteiger partial charge < -0.3 is 9.64 Å². The highest BCUT2D eigenvalue weighted by atomic mass is 32.1. The number of aromatic nitrogens is 3. The van der Waals surface area contributed by atoms with Crippen molar-refractivity contribution in [2.75, 3.05) is 38.1 Å². The van der Waals surface area contributed by atoms with Crippen LogP contribution in [0.25, 0.3) is 4.96 Å². The molecule has 7 heteroatoms. The normalized spacial score (nSPS) is 23.1. The molecule has 1 aliphatic heterocycles. The maximum absolute atomic E-state index is 5.80. The van der Waals surface area contributed by atoms with E-state index in [9.17, 15) is 0 Å². The minimum absolute atomic E-state index is 0.0587. The van der Waals surface area contributed by atoms with Crippen LogP contribution in [0.5, 0.6) is 0 Å².